The SMILES string of the molecule is CC(C)Cc1cncc(-n2cnc3ccc(N)cc32)n1.Nc1ccc2ncn(-c3cncc(Cl)n3)c2c1. The van der Waals surface area contributed by atoms with Gasteiger partial charge < -0.3 is 11.5 Å². The highest BCUT2D eigenvalue weighted by molar-refractivity contribution is 6.29. The number of imidazole rings is 2. The number of halogens is 1. The van der Waals surface area contributed by atoms with Gasteiger partial charge in [-0.15, -0.1) is 0 Å². The van der Waals surface area contributed by atoms with Gasteiger partial charge in [0, 0.05) is 17.6 Å². The van der Waals surface area contributed by atoms with Crippen LogP contribution in [0, 0.1) is 5.92 Å². The highest BCUT2D eigenvalue weighted by atomic mass is 35.5. The Hall–Kier alpha value is -4.57. The van der Waals surface area contributed by atoms with Gasteiger partial charge in [0.1, 0.15) is 17.8 Å². The zero-order valence-electron chi connectivity index (χ0n) is 20.3. The largest absolute Gasteiger partial charge is 0.399 e. The number of nitrogen functional groups attached to an aromatic ring is 2. The highest BCUT2D eigenvalue weighted by Gasteiger charge is 2.09. The van der Waals surface area contributed by atoms with Crippen LogP contribution >= 0.6 is 11.6 Å². The molecule has 0 aliphatic heterocycles. The lowest BCUT2D eigenvalue weighted by molar-refractivity contribution is 0.631. The van der Waals surface area contributed by atoms with Crippen LogP contribution in [-0.2, 0) is 6.42 Å². The Morgan fingerprint density at radius 1 is 0.757 bits per heavy atom. The second-order valence-electron chi connectivity index (χ2n) is 8.89. The average Bonchev–Trinajstić information content (AvgIpc) is 3.48. The molecule has 4 aromatic heterocycles. The summed E-state index contributed by atoms with van der Waals surface area (Å²) in [6, 6.07) is 11.2. The molecule has 0 saturated heterocycles. The van der Waals surface area contributed by atoms with Gasteiger partial charge >= 0.3 is 0 Å². The van der Waals surface area contributed by atoms with Gasteiger partial charge in [-0.3, -0.25) is 19.1 Å². The van der Waals surface area contributed by atoms with Crippen LogP contribution in [0.1, 0.15) is 19.5 Å². The summed E-state index contributed by atoms with van der Waals surface area (Å²) >= 11 is 5.81. The van der Waals surface area contributed by atoms with Crippen LogP contribution in [0.5, 0.6) is 0 Å². The predicted molar refractivity (Wildman–Crippen MR) is 146 cm³/mol. The number of hydrogen-bond acceptors (Lipinski definition) is 8. The minimum absolute atomic E-state index is 0.341. The van der Waals surface area contributed by atoms with E-state index in [1.54, 1.807) is 29.6 Å². The Morgan fingerprint density at radius 2 is 1.30 bits per heavy atom. The molecule has 0 saturated carbocycles. The first-order valence-electron chi connectivity index (χ1n) is 11.6. The van der Waals surface area contributed by atoms with Gasteiger partial charge in [-0.2, -0.15) is 0 Å². The van der Waals surface area contributed by atoms with Gasteiger partial charge in [0.2, 0.25) is 0 Å². The van der Waals surface area contributed by atoms with Crippen LogP contribution in [0.4, 0.5) is 11.4 Å². The molecule has 6 aromatic rings. The molecule has 0 aliphatic carbocycles. The van der Waals surface area contributed by atoms with E-state index in [1.165, 1.54) is 6.20 Å². The van der Waals surface area contributed by atoms with Crippen molar-refractivity contribution in [3.05, 3.63) is 84.7 Å². The van der Waals surface area contributed by atoms with E-state index in [4.69, 9.17) is 23.1 Å². The molecule has 0 spiro atoms. The van der Waals surface area contributed by atoms with Crippen molar-refractivity contribution in [3.8, 4) is 11.6 Å². The van der Waals surface area contributed by atoms with Crippen molar-refractivity contribution in [2.75, 3.05) is 11.5 Å². The van der Waals surface area contributed by atoms with E-state index in [0.29, 0.717) is 28.3 Å². The van der Waals surface area contributed by atoms with E-state index in [2.05, 4.69) is 43.8 Å². The molecule has 4 N–H and O–H groups in total. The summed E-state index contributed by atoms with van der Waals surface area (Å²) in [6.07, 6.45) is 11.0. The number of anilines is 2. The van der Waals surface area contributed by atoms with Crippen LogP contribution in [0.15, 0.2) is 73.8 Å². The van der Waals surface area contributed by atoms with Crippen molar-refractivity contribution in [1.29, 1.82) is 0 Å². The van der Waals surface area contributed by atoms with Crippen molar-refractivity contribution in [1.82, 2.24) is 39.0 Å². The molecule has 0 atom stereocenters. The molecule has 37 heavy (non-hydrogen) atoms. The minimum atomic E-state index is 0.341. The lowest BCUT2D eigenvalue weighted by atomic mass is 10.1. The molecule has 186 valence electrons. The van der Waals surface area contributed by atoms with Gasteiger partial charge in [-0.1, -0.05) is 25.4 Å². The highest BCUT2D eigenvalue weighted by Crippen LogP contribution is 2.21. The van der Waals surface area contributed by atoms with Crippen LogP contribution in [-0.4, -0.2) is 39.0 Å². The summed E-state index contributed by atoms with van der Waals surface area (Å²) in [6.45, 7) is 4.34. The third-order valence-corrected chi connectivity index (χ3v) is 5.70. The summed E-state index contributed by atoms with van der Waals surface area (Å²) < 4.78 is 3.72. The van der Waals surface area contributed by atoms with Crippen LogP contribution in [0.3, 0.4) is 0 Å². The first-order chi connectivity index (χ1) is 17.9. The maximum atomic E-state index is 5.85. The zero-order valence-corrected chi connectivity index (χ0v) is 21.1. The number of aromatic nitrogens is 8. The number of fused-ring (bicyclic) bond motifs is 2. The van der Waals surface area contributed by atoms with Crippen molar-refractivity contribution >= 4 is 45.0 Å². The van der Waals surface area contributed by atoms with E-state index in [9.17, 15) is 0 Å². The standard InChI is InChI=1S/C15H17N5.C11H8ClN5/c1-10(2)5-12-7-17-8-15(19-12)20-9-18-13-4-3-11(16)6-14(13)20;12-10-4-14-5-11(16-10)17-6-15-8-2-1-7(13)3-9(8)17/h3-4,6-10H,5,16H2,1-2H3;1-6H,13H2. The second-order valence-corrected chi connectivity index (χ2v) is 9.28. The molecular formula is C26H25ClN10. The van der Waals surface area contributed by atoms with Gasteiger partial charge in [-0.25, -0.2) is 19.9 Å². The molecule has 6 rings (SSSR count). The minimum Gasteiger partial charge on any atom is -0.399 e. The van der Waals surface area contributed by atoms with Crippen LogP contribution in [0.25, 0.3) is 33.7 Å². The van der Waals surface area contributed by atoms with E-state index in [1.807, 2.05) is 47.2 Å². The lowest BCUT2D eigenvalue weighted by Crippen LogP contribution is -2.03. The smallest absolute Gasteiger partial charge is 0.158 e. The summed E-state index contributed by atoms with van der Waals surface area (Å²) in [7, 11) is 0. The number of nitrogens with zero attached hydrogens (tertiary/aromatic N) is 8. The number of rotatable bonds is 4. The quantitative estimate of drug-likeness (QED) is 0.325. The average molecular weight is 513 g/mol. The Morgan fingerprint density at radius 3 is 1.84 bits per heavy atom. The van der Waals surface area contributed by atoms with Gasteiger partial charge in [0.15, 0.2) is 11.6 Å². The molecule has 11 heteroatoms. The van der Waals surface area contributed by atoms with Gasteiger partial charge in [0.25, 0.3) is 0 Å². The molecule has 0 aliphatic rings. The van der Waals surface area contributed by atoms with Crippen molar-refractivity contribution in [2.24, 2.45) is 5.92 Å². The molecule has 4 heterocycles. The molecule has 0 radical (unpaired) electrons. The topological polar surface area (TPSA) is 139 Å². The lowest BCUT2D eigenvalue weighted by Gasteiger charge is -2.07. The normalized spacial score (nSPS) is 11.1. The van der Waals surface area contributed by atoms with Crippen LogP contribution < -0.4 is 11.5 Å². The molecule has 0 amide bonds. The van der Waals surface area contributed by atoms with Crippen LogP contribution in [0.2, 0.25) is 5.15 Å². The Bertz CT molecular complexity index is 1690. The molecule has 0 bridgehead atoms. The molecule has 0 fully saturated rings. The van der Waals surface area contributed by atoms with E-state index in [0.717, 1.165) is 40.0 Å². The fourth-order valence-corrected chi connectivity index (χ4v) is 4.03. The predicted octanol–water partition coefficient (Wildman–Crippen LogP) is 4.65. The van der Waals surface area contributed by atoms with Gasteiger partial charge in [-0.05, 0) is 48.7 Å². The summed E-state index contributed by atoms with van der Waals surface area (Å²) in [5, 5.41) is 0.341. The monoisotopic (exact) mass is 512 g/mol. The third kappa shape index (κ3) is 5.34. The van der Waals surface area contributed by atoms with Crippen molar-refractivity contribution < 1.29 is 0 Å². The number of nitrogens with two attached hydrogens (primary N) is 2. The Labute approximate surface area is 218 Å². The summed E-state index contributed by atoms with van der Waals surface area (Å²) in [5.41, 5.74) is 17.6. The first-order valence-corrected chi connectivity index (χ1v) is 12.0. The van der Waals surface area contributed by atoms with E-state index in [-0.39, 0.29) is 0 Å². The molecule has 0 unspecified atom stereocenters. The fraction of sp³-hybridized carbons (Fsp3) is 0.154. The van der Waals surface area contributed by atoms with Crippen molar-refractivity contribution in [3.63, 3.8) is 0 Å². The zero-order chi connectivity index (χ0) is 25.9. The molecular weight excluding hydrogens is 488 g/mol. The second kappa shape index (κ2) is 10.2. The Kier molecular flexibility index (Phi) is 6.65. The van der Waals surface area contributed by atoms with Crippen molar-refractivity contribution in [2.45, 2.75) is 20.3 Å². The van der Waals surface area contributed by atoms with Gasteiger partial charge in [0.05, 0.1) is 46.4 Å². The maximum Gasteiger partial charge on any atom is 0.158 e. The third-order valence-electron chi connectivity index (χ3n) is 5.52. The Balaban J connectivity index is 0.000000153. The maximum absolute atomic E-state index is 5.85. The first kappa shape index (κ1) is 24.1. The number of benzene rings is 2. The summed E-state index contributed by atoms with van der Waals surface area (Å²) in [5.74, 6) is 1.94. The fourth-order valence-electron chi connectivity index (χ4n) is 3.89. The molecule has 10 nitrogen and oxygen atoms in total. The molecule has 2 aromatic carbocycles. The van der Waals surface area contributed by atoms with E-state index >= 15 is 0 Å². The summed E-state index contributed by atoms with van der Waals surface area (Å²) in [4.78, 5) is 25.7. The number of hydrogen-bond donors (Lipinski definition) is 2. The van der Waals surface area contributed by atoms with E-state index < -0.39 is 0 Å².